The lowest BCUT2D eigenvalue weighted by molar-refractivity contribution is 0.553. The van der Waals surface area contributed by atoms with Gasteiger partial charge in [-0.3, -0.25) is 0 Å². The summed E-state index contributed by atoms with van der Waals surface area (Å²) < 4.78 is 24.5. The quantitative estimate of drug-likeness (QED) is 0.890. The highest BCUT2D eigenvalue weighted by atomic mass is 32.2. The smallest absolute Gasteiger partial charge is 0.179 e. The van der Waals surface area contributed by atoms with Gasteiger partial charge in [0.05, 0.1) is 21.9 Å². The number of rotatable bonds is 6. The van der Waals surface area contributed by atoms with E-state index in [1.807, 2.05) is 31.4 Å². The Bertz CT molecular complexity index is 634. The highest BCUT2D eigenvalue weighted by Gasteiger charge is 2.18. The molecule has 0 aliphatic heterocycles. The van der Waals surface area contributed by atoms with Crippen LogP contribution in [0.5, 0.6) is 0 Å². The van der Waals surface area contributed by atoms with Gasteiger partial charge < -0.3 is 5.32 Å². The first kappa shape index (κ1) is 15.2. The molecule has 2 aromatic rings. The number of aryl methyl sites for hydroxylation is 1. The molecule has 0 saturated heterocycles. The molecule has 0 bridgehead atoms. The van der Waals surface area contributed by atoms with Crippen LogP contribution in [-0.2, 0) is 16.4 Å². The second-order valence-electron chi connectivity index (χ2n) is 4.86. The van der Waals surface area contributed by atoms with Gasteiger partial charge in [0.25, 0.3) is 0 Å². The first-order valence-electron chi connectivity index (χ1n) is 6.37. The van der Waals surface area contributed by atoms with Gasteiger partial charge in [0.15, 0.2) is 9.84 Å². The van der Waals surface area contributed by atoms with Gasteiger partial charge in [-0.2, -0.15) is 0 Å². The number of nitrogens with one attached hydrogen (secondary N) is 1. The van der Waals surface area contributed by atoms with Crippen molar-refractivity contribution in [2.45, 2.75) is 31.3 Å². The Kier molecular flexibility index (Phi) is 4.91. The molecule has 0 saturated carbocycles. The van der Waals surface area contributed by atoms with E-state index in [0.29, 0.717) is 11.4 Å². The lowest BCUT2D eigenvalue weighted by Crippen LogP contribution is -2.32. The van der Waals surface area contributed by atoms with Crippen molar-refractivity contribution in [2.24, 2.45) is 0 Å². The molecule has 1 heterocycles. The lowest BCUT2D eigenvalue weighted by Gasteiger charge is -2.13. The van der Waals surface area contributed by atoms with Gasteiger partial charge in [-0.1, -0.05) is 17.7 Å². The summed E-state index contributed by atoms with van der Waals surface area (Å²) in [5, 5.41) is 5.14. The molecule has 1 N–H and O–H groups in total. The molecular weight excluding hydrogens is 292 g/mol. The Morgan fingerprint density at radius 3 is 2.60 bits per heavy atom. The maximum Gasteiger partial charge on any atom is 0.179 e. The molecule has 0 fully saturated rings. The van der Waals surface area contributed by atoms with Crippen LogP contribution in [0, 0.1) is 6.92 Å². The molecule has 1 atom stereocenters. The van der Waals surface area contributed by atoms with Crippen molar-refractivity contribution in [2.75, 3.05) is 5.75 Å². The third kappa shape index (κ3) is 4.13. The van der Waals surface area contributed by atoms with Crippen molar-refractivity contribution in [1.82, 2.24) is 10.3 Å². The van der Waals surface area contributed by atoms with E-state index in [-0.39, 0.29) is 11.8 Å². The van der Waals surface area contributed by atoms with Crippen molar-refractivity contribution in [3.8, 4) is 0 Å². The first-order chi connectivity index (χ1) is 9.47. The van der Waals surface area contributed by atoms with Gasteiger partial charge in [-0.15, -0.1) is 11.3 Å². The van der Waals surface area contributed by atoms with Crippen LogP contribution in [0.2, 0.25) is 0 Å². The second kappa shape index (κ2) is 6.47. The van der Waals surface area contributed by atoms with Crippen LogP contribution in [0.4, 0.5) is 0 Å². The average molecular weight is 310 g/mol. The standard InChI is InChI=1S/C14H18N2O2S2/c1-11-3-5-14(6-4-11)20(17,18)9-12(2)15-7-13-8-19-10-16-13/h3-6,8,10,12,15H,7,9H2,1-2H3/t12-/m1/s1. The van der Waals surface area contributed by atoms with Crippen LogP contribution in [0.25, 0.3) is 0 Å². The summed E-state index contributed by atoms with van der Waals surface area (Å²) in [5.74, 6) is 0.0835. The number of benzene rings is 1. The highest BCUT2D eigenvalue weighted by molar-refractivity contribution is 7.91. The second-order valence-corrected chi connectivity index (χ2v) is 7.61. The number of sulfone groups is 1. The summed E-state index contributed by atoms with van der Waals surface area (Å²) in [6.45, 7) is 4.40. The molecule has 108 valence electrons. The fourth-order valence-electron chi connectivity index (χ4n) is 1.83. The molecule has 0 unspecified atom stereocenters. The predicted octanol–water partition coefficient (Wildman–Crippen LogP) is 2.40. The molecule has 6 heteroatoms. The number of thiazole rings is 1. The SMILES string of the molecule is Cc1ccc(S(=O)(=O)C[C@@H](C)NCc2cscn2)cc1. The molecule has 0 aliphatic rings. The zero-order chi connectivity index (χ0) is 14.6. The molecule has 1 aromatic heterocycles. The van der Waals surface area contributed by atoms with Crippen LogP contribution < -0.4 is 5.32 Å². The van der Waals surface area contributed by atoms with Crippen molar-refractivity contribution in [3.05, 3.63) is 46.4 Å². The molecule has 20 heavy (non-hydrogen) atoms. The fraction of sp³-hybridized carbons (Fsp3) is 0.357. The largest absolute Gasteiger partial charge is 0.308 e. The highest BCUT2D eigenvalue weighted by Crippen LogP contribution is 2.13. The topological polar surface area (TPSA) is 59.1 Å². The van der Waals surface area contributed by atoms with E-state index < -0.39 is 9.84 Å². The van der Waals surface area contributed by atoms with Gasteiger partial charge in [0.2, 0.25) is 0 Å². The predicted molar refractivity (Wildman–Crippen MR) is 81.6 cm³/mol. The Hall–Kier alpha value is -1.24. The van der Waals surface area contributed by atoms with E-state index in [9.17, 15) is 8.42 Å². The van der Waals surface area contributed by atoms with Gasteiger partial charge >= 0.3 is 0 Å². The number of hydrogen-bond acceptors (Lipinski definition) is 5. The van der Waals surface area contributed by atoms with Gasteiger partial charge in [0.1, 0.15) is 0 Å². The van der Waals surface area contributed by atoms with E-state index in [1.54, 1.807) is 17.6 Å². The van der Waals surface area contributed by atoms with Gasteiger partial charge in [-0.05, 0) is 26.0 Å². The molecule has 0 amide bonds. The van der Waals surface area contributed by atoms with Crippen LogP contribution in [0.1, 0.15) is 18.2 Å². The maximum absolute atomic E-state index is 12.3. The number of nitrogens with zero attached hydrogens (tertiary/aromatic N) is 1. The summed E-state index contributed by atoms with van der Waals surface area (Å²) in [5.41, 5.74) is 3.76. The Labute approximate surface area is 123 Å². The first-order valence-corrected chi connectivity index (χ1v) is 8.97. The molecule has 0 spiro atoms. The fourth-order valence-corrected chi connectivity index (χ4v) is 3.91. The van der Waals surface area contributed by atoms with Crippen LogP contribution in [0.3, 0.4) is 0 Å². The summed E-state index contributed by atoms with van der Waals surface area (Å²) in [4.78, 5) is 4.54. The normalized spacial score (nSPS) is 13.3. The van der Waals surface area contributed by atoms with Crippen LogP contribution in [0.15, 0.2) is 40.1 Å². The average Bonchev–Trinajstić information content (AvgIpc) is 2.89. The van der Waals surface area contributed by atoms with Gasteiger partial charge in [0, 0.05) is 18.0 Å². The summed E-state index contributed by atoms with van der Waals surface area (Å²) in [6, 6.07) is 6.85. The van der Waals surface area contributed by atoms with E-state index in [2.05, 4.69) is 10.3 Å². The van der Waals surface area contributed by atoms with Crippen LogP contribution >= 0.6 is 11.3 Å². The Morgan fingerprint density at radius 1 is 1.30 bits per heavy atom. The summed E-state index contributed by atoms with van der Waals surface area (Å²) in [6.07, 6.45) is 0. The molecule has 2 rings (SSSR count). The zero-order valence-electron chi connectivity index (χ0n) is 11.5. The molecule has 1 aromatic carbocycles. The van der Waals surface area contributed by atoms with Crippen molar-refractivity contribution in [3.63, 3.8) is 0 Å². The van der Waals surface area contributed by atoms with Crippen LogP contribution in [-0.4, -0.2) is 25.2 Å². The van der Waals surface area contributed by atoms with Gasteiger partial charge in [-0.25, -0.2) is 13.4 Å². The molecule has 4 nitrogen and oxygen atoms in total. The third-order valence-electron chi connectivity index (χ3n) is 2.96. The van der Waals surface area contributed by atoms with E-state index in [1.165, 1.54) is 11.3 Å². The lowest BCUT2D eigenvalue weighted by atomic mass is 10.2. The Balaban J connectivity index is 1.95. The van der Waals surface area contributed by atoms with E-state index in [4.69, 9.17) is 0 Å². The number of aromatic nitrogens is 1. The monoisotopic (exact) mass is 310 g/mol. The Morgan fingerprint density at radius 2 is 2.00 bits per heavy atom. The molecule has 0 radical (unpaired) electrons. The minimum Gasteiger partial charge on any atom is -0.308 e. The van der Waals surface area contributed by atoms with E-state index in [0.717, 1.165) is 11.3 Å². The molecular formula is C14H18N2O2S2. The minimum absolute atomic E-state index is 0.0835. The zero-order valence-corrected chi connectivity index (χ0v) is 13.2. The van der Waals surface area contributed by atoms with Crippen molar-refractivity contribution < 1.29 is 8.42 Å². The van der Waals surface area contributed by atoms with E-state index >= 15 is 0 Å². The number of hydrogen-bond donors (Lipinski definition) is 1. The summed E-state index contributed by atoms with van der Waals surface area (Å²) in [7, 11) is -3.25. The molecule has 0 aliphatic carbocycles. The van der Waals surface area contributed by atoms with Crippen molar-refractivity contribution in [1.29, 1.82) is 0 Å². The minimum atomic E-state index is -3.25. The summed E-state index contributed by atoms with van der Waals surface area (Å²) >= 11 is 1.53. The third-order valence-corrected chi connectivity index (χ3v) is 5.53. The van der Waals surface area contributed by atoms with Crippen molar-refractivity contribution >= 4 is 21.2 Å². The maximum atomic E-state index is 12.3.